The lowest BCUT2D eigenvalue weighted by molar-refractivity contribution is 0.0723. The predicted molar refractivity (Wildman–Crippen MR) is 78.6 cm³/mol. The fourth-order valence-corrected chi connectivity index (χ4v) is 3.11. The Balaban J connectivity index is 2.39. The molecule has 1 aliphatic rings. The van der Waals surface area contributed by atoms with Crippen molar-refractivity contribution in [3.63, 3.8) is 0 Å². The second-order valence-electron chi connectivity index (χ2n) is 5.36. The molecule has 1 heterocycles. The van der Waals surface area contributed by atoms with Crippen molar-refractivity contribution in [1.29, 1.82) is 0 Å². The Morgan fingerprint density at radius 3 is 2.57 bits per heavy atom. The van der Waals surface area contributed by atoms with E-state index in [1.807, 2.05) is 0 Å². The first-order chi connectivity index (χ1) is 9.74. The number of nitrogens with two attached hydrogens (primary N) is 1. The predicted octanol–water partition coefficient (Wildman–Crippen LogP) is 0.812. The van der Waals surface area contributed by atoms with E-state index in [4.69, 9.17) is 9.88 Å². The van der Waals surface area contributed by atoms with E-state index in [9.17, 15) is 13.2 Å². The largest absolute Gasteiger partial charge is 0.380 e. The Morgan fingerprint density at radius 1 is 1.38 bits per heavy atom. The molecule has 0 radical (unpaired) electrons. The molecule has 21 heavy (non-hydrogen) atoms. The number of benzene rings is 1. The van der Waals surface area contributed by atoms with Crippen LogP contribution >= 0.6 is 0 Å². The van der Waals surface area contributed by atoms with Gasteiger partial charge in [0.25, 0.3) is 5.91 Å². The molecule has 0 aromatic heterocycles. The summed E-state index contributed by atoms with van der Waals surface area (Å²) in [7, 11) is -2.21. The summed E-state index contributed by atoms with van der Waals surface area (Å²) in [6.45, 7) is 4.70. The second-order valence-corrected chi connectivity index (χ2v) is 6.92. The highest BCUT2D eigenvalue weighted by Gasteiger charge is 2.28. The van der Waals surface area contributed by atoms with E-state index in [-0.39, 0.29) is 16.9 Å². The van der Waals surface area contributed by atoms with Crippen LogP contribution in [0.4, 0.5) is 0 Å². The Kier molecular flexibility index (Phi) is 4.36. The molecule has 1 unspecified atom stereocenters. The van der Waals surface area contributed by atoms with Gasteiger partial charge in [0.1, 0.15) is 0 Å². The highest BCUT2D eigenvalue weighted by molar-refractivity contribution is 7.89. The average molecular weight is 312 g/mol. The van der Waals surface area contributed by atoms with Crippen molar-refractivity contribution in [3.8, 4) is 0 Å². The van der Waals surface area contributed by atoms with Crippen LogP contribution in [0.5, 0.6) is 0 Å². The third-order valence-corrected chi connectivity index (χ3v) is 4.86. The number of hydrogen-bond acceptors (Lipinski definition) is 4. The van der Waals surface area contributed by atoms with E-state index >= 15 is 0 Å². The maximum absolute atomic E-state index is 12.6. The van der Waals surface area contributed by atoms with Crippen molar-refractivity contribution in [3.05, 3.63) is 28.8 Å². The Bertz CT molecular complexity index is 670. The number of hydrogen-bond donors (Lipinski definition) is 1. The molecule has 1 atom stereocenters. The molecule has 0 aliphatic carbocycles. The number of carbonyl (C=O) groups excluding carboxylic acids is 1. The zero-order valence-corrected chi connectivity index (χ0v) is 13.2. The number of aryl methyl sites for hydroxylation is 1. The van der Waals surface area contributed by atoms with Crippen molar-refractivity contribution in [2.24, 2.45) is 5.14 Å². The molecule has 1 fully saturated rings. The van der Waals surface area contributed by atoms with Crippen molar-refractivity contribution in [2.75, 3.05) is 20.2 Å². The quantitative estimate of drug-likeness (QED) is 0.894. The van der Waals surface area contributed by atoms with Gasteiger partial charge in [0, 0.05) is 25.8 Å². The summed E-state index contributed by atoms with van der Waals surface area (Å²) in [6.07, 6.45) is 0.826. The van der Waals surface area contributed by atoms with Crippen LogP contribution in [0.2, 0.25) is 0 Å². The molecule has 1 saturated heterocycles. The van der Waals surface area contributed by atoms with Crippen LogP contribution < -0.4 is 5.14 Å². The zero-order valence-electron chi connectivity index (χ0n) is 12.4. The van der Waals surface area contributed by atoms with Gasteiger partial charge in [-0.25, -0.2) is 13.6 Å². The van der Waals surface area contributed by atoms with E-state index in [0.717, 1.165) is 17.5 Å². The lowest BCUT2D eigenvalue weighted by atomic mass is 10.0. The zero-order chi connectivity index (χ0) is 15.8. The second kappa shape index (κ2) is 5.75. The molecule has 2 rings (SSSR count). The number of nitrogens with zero attached hydrogens (tertiary/aromatic N) is 1. The standard InChI is InChI=1S/C14H20N2O4S/c1-9-6-12(21(15,18)19)7-13(10(9)2)14(17)16-5-4-11(8-16)20-3/h6-7,11H,4-5,8H2,1-3H3,(H2,15,18,19). The van der Waals surface area contributed by atoms with Crippen LogP contribution in [-0.2, 0) is 14.8 Å². The van der Waals surface area contributed by atoms with Gasteiger partial charge in [-0.15, -0.1) is 0 Å². The first-order valence-corrected chi connectivity index (χ1v) is 8.24. The summed E-state index contributed by atoms with van der Waals surface area (Å²) in [5.74, 6) is -0.180. The van der Waals surface area contributed by atoms with Crippen molar-refractivity contribution < 1.29 is 17.9 Å². The summed E-state index contributed by atoms with van der Waals surface area (Å²) in [6, 6.07) is 2.85. The number of carbonyl (C=O) groups is 1. The SMILES string of the molecule is COC1CCN(C(=O)c2cc(S(N)(=O)=O)cc(C)c2C)C1. The van der Waals surface area contributed by atoms with Crippen LogP contribution in [-0.4, -0.2) is 45.5 Å². The number of rotatable bonds is 3. The van der Waals surface area contributed by atoms with Crippen LogP contribution in [0, 0.1) is 13.8 Å². The summed E-state index contributed by atoms with van der Waals surface area (Å²) < 4.78 is 28.3. The van der Waals surface area contributed by atoms with Gasteiger partial charge in [-0.3, -0.25) is 4.79 Å². The summed E-state index contributed by atoms with van der Waals surface area (Å²) in [5, 5.41) is 5.17. The lowest BCUT2D eigenvalue weighted by Gasteiger charge is -2.19. The molecule has 7 heteroatoms. The van der Waals surface area contributed by atoms with Gasteiger partial charge in [0.15, 0.2) is 0 Å². The molecule has 1 aromatic carbocycles. The smallest absolute Gasteiger partial charge is 0.254 e. The Labute approximate surface area is 124 Å². The molecule has 116 valence electrons. The van der Waals surface area contributed by atoms with Gasteiger partial charge in [-0.1, -0.05) is 0 Å². The Morgan fingerprint density at radius 2 is 2.05 bits per heavy atom. The van der Waals surface area contributed by atoms with Gasteiger partial charge >= 0.3 is 0 Å². The monoisotopic (exact) mass is 312 g/mol. The number of methoxy groups -OCH3 is 1. The van der Waals surface area contributed by atoms with E-state index in [1.54, 1.807) is 25.9 Å². The molecule has 0 saturated carbocycles. The summed E-state index contributed by atoms with van der Waals surface area (Å²) >= 11 is 0. The number of ether oxygens (including phenoxy) is 1. The molecule has 2 N–H and O–H groups in total. The number of likely N-dealkylation sites (tertiary alicyclic amines) is 1. The first kappa shape index (κ1) is 15.9. The van der Waals surface area contributed by atoms with Crippen LogP contribution in [0.15, 0.2) is 17.0 Å². The van der Waals surface area contributed by atoms with Gasteiger partial charge in [-0.2, -0.15) is 0 Å². The average Bonchev–Trinajstić information content (AvgIpc) is 2.88. The van der Waals surface area contributed by atoms with Crippen molar-refractivity contribution in [1.82, 2.24) is 4.90 Å². The number of primary sulfonamides is 1. The Hall–Kier alpha value is -1.44. The van der Waals surface area contributed by atoms with Gasteiger partial charge < -0.3 is 9.64 Å². The maximum atomic E-state index is 12.6. The third-order valence-electron chi connectivity index (χ3n) is 3.97. The van der Waals surface area contributed by atoms with Crippen molar-refractivity contribution >= 4 is 15.9 Å². The van der Waals surface area contributed by atoms with E-state index < -0.39 is 10.0 Å². The highest BCUT2D eigenvalue weighted by Crippen LogP contribution is 2.23. The van der Waals surface area contributed by atoms with Gasteiger partial charge in [0.05, 0.1) is 11.0 Å². The summed E-state index contributed by atoms with van der Waals surface area (Å²) in [4.78, 5) is 14.2. The normalized spacial score (nSPS) is 19.0. The minimum absolute atomic E-state index is 0.0311. The minimum atomic E-state index is -3.83. The van der Waals surface area contributed by atoms with Gasteiger partial charge in [-0.05, 0) is 43.5 Å². The van der Waals surface area contributed by atoms with Gasteiger partial charge in [0.2, 0.25) is 10.0 Å². The molecule has 1 aliphatic heterocycles. The fraction of sp³-hybridized carbons (Fsp3) is 0.500. The number of amides is 1. The van der Waals surface area contributed by atoms with E-state index in [0.29, 0.717) is 18.7 Å². The first-order valence-electron chi connectivity index (χ1n) is 6.70. The highest BCUT2D eigenvalue weighted by atomic mass is 32.2. The molecule has 6 nitrogen and oxygen atoms in total. The van der Waals surface area contributed by atoms with Crippen LogP contribution in [0.1, 0.15) is 27.9 Å². The number of sulfonamides is 1. The van der Waals surface area contributed by atoms with E-state index in [1.165, 1.54) is 12.1 Å². The molecular formula is C14H20N2O4S. The lowest BCUT2D eigenvalue weighted by Crippen LogP contribution is -2.31. The van der Waals surface area contributed by atoms with Crippen LogP contribution in [0.3, 0.4) is 0 Å². The third kappa shape index (κ3) is 3.25. The summed E-state index contributed by atoms with van der Waals surface area (Å²) in [5.41, 5.74) is 1.89. The minimum Gasteiger partial charge on any atom is -0.380 e. The molecule has 1 amide bonds. The molecule has 0 bridgehead atoms. The molecule has 1 aromatic rings. The molecular weight excluding hydrogens is 292 g/mol. The van der Waals surface area contributed by atoms with E-state index in [2.05, 4.69) is 0 Å². The maximum Gasteiger partial charge on any atom is 0.254 e. The topological polar surface area (TPSA) is 89.7 Å². The van der Waals surface area contributed by atoms with Crippen LogP contribution in [0.25, 0.3) is 0 Å². The fourth-order valence-electron chi connectivity index (χ4n) is 2.49. The van der Waals surface area contributed by atoms with Crippen molar-refractivity contribution in [2.45, 2.75) is 31.3 Å². The molecule has 0 spiro atoms.